The van der Waals surface area contributed by atoms with Crippen LogP contribution in [0, 0.1) is 10.8 Å². The van der Waals surface area contributed by atoms with Gasteiger partial charge in [-0.15, -0.1) is 0 Å². The van der Waals surface area contributed by atoms with E-state index in [0.717, 1.165) is 103 Å². The molecule has 2 amide bonds. The molecule has 0 radical (unpaired) electrons. The fourth-order valence-electron chi connectivity index (χ4n) is 11.7. The molecule has 5 aliphatic rings. The number of nitrogens with zero attached hydrogens (tertiary/aromatic N) is 8. The van der Waals surface area contributed by atoms with Gasteiger partial charge in [0.25, 0.3) is 12.3 Å². The molecule has 2 aromatic heterocycles. The highest BCUT2D eigenvalue weighted by Crippen LogP contribution is 2.53. The molecule has 2 aliphatic carbocycles. The van der Waals surface area contributed by atoms with Crippen molar-refractivity contribution >= 4 is 34.7 Å². The van der Waals surface area contributed by atoms with E-state index in [1.807, 2.05) is 23.1 Å². The first-order valence-electron chi connectivity index (χ1n) is 22.8. The number of hydrogen-bond donors (Lipinski definition) is 2. The number of aliphatic imine (C=N–C) groups is 1. The van der Waals surface area contributed by atoms with E-state index in [1.54, 1.807) is 43.3 Å². The summed E-state index contributed by atoms with van der Waals surface area (Å²) in [5.74, 6) is 0.741. The predicted molar refractivity (Wildman–Crippen MR) is 244 cm³/mol. The van der Waals surface area contributed by atoms with Gasteiger partial charge in [0.2, 0.25) is 5.91 Å². The number of carbonyl (C=O) groups is 2. The highest BCUT2D eigenvalue weighted by atomic mass is 19.3. The van der Waals surface area contributed by atoms with Gasteiger partial charge in [0.05, 0.1) is 24.8 Å². The minimum absolute atomic E-state index is 0.00659. The van der Waals surface area contributed by atoms with E-state index in [2.05, 4.69) is 64.7 Å². The number of nitrogens with two attached hydrogens (primary N) is 1. The van der Waals surface area contributed by atoms with Crippen molar-refractivity contribution in [3.05, 3.63) is 88.5 Å². The first kappa shape index (κ1) is 42.8. The van der Waals surface area contributed by atoms with Crippen LogP contribution in [-0.2, 0) is 31.2 Å². The number of piperidine rings is 1. The Morgan fingerprint density at radius 1 is 0.984 bits per heavy atom. The quantitative estimate of drug-likeness (QED) is 0.182. The van der Waals surface area contributed by atoms with Crippen molar-refractivity contribution in [3.8, 4) is 11.1 Å². The van der Waals surface area contributed by atoms with Gasteiger partial charge < -0.3 is 25.8 Å². The average molecular weight is 861 g/mol. The number of hydrogen-bond acceptors (Lipinski definition) is 8. The van der Waals surface area contributed by atoms with Gasteiger partial charge in [-0.2, -0.15) is 10.2 Å². The Morgan fingerprint density at radius 3 is 2.38 bits per heavy atom. The van der Waals surface area contributed by atoms with E-state index in [4.69, 9.17) is 15.8 Å². The number of halogens is 2. The molecule has 3 fully saturated rings. The zero-order chi connectivity index (χ0) is 44.4. The number of amides is 2. The minimum atomic E-state index is -2.67. The molecule has 1 atom stereocenters. The van der Waals surface area contributed by atoms with Crippen LogP contribution >= 0.6 is 0 Å². The first-order valence-corrected chi connectivity index (χ1v) is 22.8. The molecule has 3 N–H and O–H groups in total. The van der Waals surface area contributed by atoms with Crippen LogP contribution in [0.25, 0.3) is 11.1 Å². The van der Waals surface area contributed by atoms with Gasteiger partial charge in [0.15, 0.2) is 5.82 Å². The van der Waals surface area contributed by atoms with Crippen molar-refractivity contribution in [2.24, 2.45) is 28.6 Å². The van der Waals surface area contributed by atoms with Crippen molar-refractivity contribution in [2.45, 2.75) is 124 Å². The fraction of sp³-hybridized carbons (Fsp3) is 0.531. The molecule has 0 bridgehead atoms. The van der Waals surface area contributed by atoms with Crippen LogP contribution in [0.1, 0.15) is 125 Å². The van der Waals surface area contributed by atoms with E-state index in [-0.39, 0.29) is 46.3 Å². The van der Waals surface area contributed by atoms with E-state index >= 15 is 0 Å². The largest absolute Gasteiger partial charge is 0.404 e. The van der Waals surface area contributed by atoms with Crippen LogP contribution in [0.15, 0.2) is 65.6 Å². The van der Waals surface area contributed by atoms with E-state index in [9.17, 15) is 18.4 Å². The van der Waals surface area contributed by atoms with E-state index in [0.29, 0.717) is 49.2 Å². The second-order valence-corrected chi connectivity index (χ2v) is 19.9. The van der Waals surface area contributed by atoms with Crippen molar-refractivity contribution in [1.29, 1.82) is 0 Å². The van der Waals surface area contributed by atoms with Crippen LogP contribution in [-0.4, -0.2) is 80.2 Å². The molecule has 1 unspecified atom stereocenters. The lowest BCUT2D eigenvalue weighted by Gasteiger charge is -2.57. The molecule has 5 heterocycles. The lowest BCUT2D eigenvalue weighted by atomic mass is 9.52. The summed E-state index contributed by atoms with van der Waals surface area (Å²) in [5.41, 5.74) is 15.5. The number of anilines is 3. The van der Waals surface area contributed by atoms with Crippen molar-refractivity contribution in [3.63, 3.8) is 0 Å². The zero-order valence-electron chi connectivity index (χ0n) is 37.6. The highest BCUT2D eigenvalue weighted by Gasteiger charge is 2.53. The van der Waals surface area contributed by atoms with Gasteiger partial charge in [-0.3, -0.25) is 23.9 Å². The van der Waals surface area contributed by atoms with Gasteiger partial charge in [-0.05, 0) is 121 Å². The second kappa shape index (κ2) is 16.5. The molecule has 1 saturated heterocycles. The monoisotopic (exact) mass is 861 g/mol. The number of alkyl halides is 2. The lowest BCUT2D eigenvalue weighted by molar-refractivity contribution is -0.129. The van der Waals surface area contributed by atoms with Crippen LogP contribution in [0.5, 0.6) is 0 Å². The number of fused-ring (bicyclic) bond motifs is 2. The molecule has 14 heteroatoms. The number of aryl methyl sites for hydroxylation is 2. The van der Waals surface area contributed by atoms with Crippen LogP contribution in [0.2, 0.25) is 0 Å². The number of carbonyl (C=O) groups excluding carboxylic acids is 2. The number of benzene rings is 2. The zero-order valence-corrected chi connectivity index (χ0v) is 37.6. The molecular weight excluding hydrogens is 799 g/mol. The van der Waals surface area contributed by atoms with E-state index in [1.165, 1.54) is 0 Å². The Morgan fingerprint density at radius 2 is 1.73 bits per heavy atom. The summed E-state index contributed by atoms with van der Waals surface area (Å²) >= 11 is 0. The Hall–Kier alpha value is -5.53. The SMILES string of the molecule is CC(=O)N1CCc2c(c(N3CCCc4cc(-c5cnn(C)c5)c(C(F)F)cc43)nn2C2CCC(=NC3CCN(c4ccc(C(=O)NC5C(C)(C)CC5(C)C)cc4)CC3)/C(=C\N)C2)C1. The molecule has 4 aromatic rings. The number of rotatable bonds is 8. The highest BCUT2D eigenvalue weighted by molar-refractivity contribution is 6.01. The van der Waals surface area contributed by atoms with Crippen LogP contribution in [0.4, 0.5) is 26.0 Å². The lowest BCUT2D eigenvalue weighted by Crippen LogP contribution is -2.63. The van der Waals surface area contributed by atoms with Crippen LogP contribution < -0.4 is 20.9 Å². The average Bonchev–Trinajstić information content (AvgIpc) is 3.88. The van der Waals surface area contributed by atoms with Gasteiger partial charge in [-0.25, -0.2) is 8.78 Å². The standard InChI is InChI=1S/C49H62F2N10O2/c1-30(62)59-21-17-42-40(28-59)45(60-18-7-8-32-23-38(34-26-53-57(6)27-34)39(44(50)51)24-43(32)60)56-61(42)37-13-14-41(33(22-37)25-52)54-35-15-19-58(20-16-35)36-11-9-31(10-12-36)46(63)55-47-48(2,3)29-49(47,4)5/h9-12,23-27,35,37,44,47H,7-8,13-22,28-29,52H2,1-6H3,(H,55,63)/b33-25-,54-41?. The van der Waals surface area contributed by atoms with Gasteiger partial charge in [0, 0.05) is 104 Å². The molecule has 334 valence electrons. The molecule has 12 nitrogen and oxygen atoms in total. The van der Waals surface area contributed by atoms with Crippen molar-refractivity contribution in [2.75, 3.05) is 36.0 Å². The third-order valence-corrected chi connectivity index (χ3v) is 14.5. The molecular formula is C49H62F2N10O2. The third-order valence-electron chi connectivity index (χ3n) is 14.5. The Balaban J connectivity index is 0.900. The number of allylic oxidation sites excluding steroid dienone is 1. The van der Waals surface area contributed by atoms with Crippen molar-refractivity contribution < 1.29 is 18.4 Å². The first-order chi connectivity index (χ1) is 30.1. The maximum atomic E-state index is 14.8. The Bertz CT molecular complexity index is 2440. The van der Waals surface area contributed by atoms with Gasteiger partial charge in [0.1, 0.15) is 0 Å². The summed E-state index contributed by atoms with van der Waals surface area (Å²) in [4.78, 5) is 37.6. The number of nitrogens with one attached hydrogen (secondary N) is 1. The summed E-state index contributed by atoms with van der Waals surface area (Å²) in [7, 11) is 1.79. The van der Waals surface area contributed by atoms with Crippen LogP contribution in [0.3, 0.4) is 0 Å². The Labute approximate surface area is 369 Å². The fourth-order valence-corrected chi connectivity index (χ4v) is 11.7. The molecule has 9 rings (SSSR count). The molecule has 2 aromatic carbocycles. The van der Waals surface area contributed by atoms with Gasteiger partial charge in [-0.1, -0.05) is 27.7 Å². The topological polar surface area (TPSA) is 130 Å². The maximum Gasteiger partial charge on any atom is 0.264 e. The maximum absolute atomic E-state index is 14.8. The van der Waals surface area contributed by atoms with Crippen molar-refractivity contribution in [1.82, 2.24) is 29.8 Å². The number of aromatic nitrogens is 4. The molecule has 3 aliphatic heterocycles. The third kappa shape index (κ3) is 8.14. The predicted octanol–water partition coefficient (Wildman–Crippen LogP) is 8.44. The summed E-state index contributed by atoms with van der Waals surface area (Å²) in [5, 5.41) is 12.9. The second-order valence-electron chi connectivity index (χ2n) is 19.9. The van der Waals surface area contributed by atoms with Gasteiger partial charge >= 0.3 is 0 Å². The molecule has 0 spiro atoms. The summed E-state index contributed by atoms with van der Waals surface area (Å²) in [6, 6.07) is 12.0. The summed E-state index contributed by atoms with van der Waals surface area (Å²) in [6.45, 7) is 13.9. The summed E-state index contributed by atoms with van der Waals surface area (Å²) in [6.07, 6.45) is 9.98. The smallest absolute Gasteiger partial charge is 0.264 e. The Kier molecular flexibility index (Phi) is 11.2. The molecule has 63 heavy (non-hydrogen) atoms. The summed E-state index contributed by atoms with van der Waals surface area (Å²) < 4.78 is 33.3. The normalized spacial score (nSPS) is 22.6. The minimum Gasteiger partial charge on any atom is -0.404 e. The van der Waals surface area contributed by atoms with E-state index < -0.39 is 6.43 Å². The molecule has 2 saturated carbocycles.